The van der Waals surface area contributed by atoms with Gasteiger partial charge < -0.3 is 20.7 Å². The molecule has 6 heteroatoms. The molecule has 0 unspecified atom stereocenters. The summed E-state index contributed by atoms with van der Waals surface area (Å²) in [4.78, 5) is 23.6. The summed E-state index contributed by atoms with van der Waals surface area (Å²) in [6.45, 7) is 11.8. The number of ether oxygens (including phenoxy) is 1. The smallest absolute Gasteiger partial charge is 0.407 e. The highest BCUT2D eigenvalue weighted by Gasteiger charge is 2.25. The van der Waals surface area contributed by atoms with Gasteiger partial charge in [-0.2, -0.15) is 0 Å². The lowest BCUT2D eigenvalue weighted by Gasteiger charge is -2.30. The number of alkyl carbamates (subject to hydrolysis) is 1. The van der Waals surface area contributed by atoms with Gasteiger partial charge in [0.05, 0.1) is 6.54 Å². The normalized spacial score (nSPS) is 22.3. The van der Waals surface area contributed by atoms with Crippen LogP contribution in [0.2, 0.25) is 0 Å². The van der Waals surface area contributed by atoms with Gasteiger partial charge in [-0.1, -0.05) is 0 Å². The zero-order chi connectivity index (χ0) is 17.7. The van der Waals surface area contributed by atoms with E-state index in [-0.39, 0.29) is 23.6 Å². The molecule has 1 aliphatic carbocycles. The summed E-state index contributed by atoms with van der Waals surface area (Å²) in [5.41, 5.74) is -0.670. The number of hydrogen-bond acceptors (Lipinski definition) is 4. The third-order valence-corrected chi connectivity index (χ3v) is 3.51. The van der Waals surface area contributed by atoms with E-state index in [2.05, 4.69) is 16.0 Å². The fourth-order valence-corrected chi connectivity index (χ4v) is 2.62. The second-order valence-corrected chi connectivity index (χ2v) is 8.37. The SMILES string of the molecule is CC(C)(C)NC(=O)CNC1CCC(NC(=O)OC(C)(C)C)CC1. The van der Waals surface area contributed by atoms with E-state index in [1.165, 1.54) is 0 Å². The molecular formula is C17H33N3O3. The van der Waals surface area contributed by atoms with E-state index in [4.69, 9.17) is 4.74 Å². The molecule has 0 aromatic carbocycles. The largest absolute Gasteiger partial charge is 0.444 e. The average Bonchev–Trinajstić information content (AvgIpc) is 2.33. The lowest BCUT2D eigenvalue weighted by molar-refractivity contribution is -0.121. The van der Waals surface area contributed by atoms with E-state index < -0.39 is 5.60 Å². The Labute approximate surface area is 140 Å². The Morgan fingerprint density at radius 1 is 0.957 bits per heavy atom. The van der Waals surface area contributed by atoms with Gasteiger partial charge in [0.15, 0.2) is 0 Å². The number of carbonyl (C=O) groups is 2. The monoisotopic (exact) mass is 327 g/mol. The van der Waals surface area contributed by atoms with Gasteiger partial charge in [0.2, 0.25) is 5.91 Å². The summed E-state index contributed by atoms with van der Waals surface area (Å²) in [7, 11) is 0. The highest BCUT2D eigenvalue weighted by molar-refractivity contribution is 5.78. The first-order chi connectivity index (χ1) is 10.4. The summed E-state index contributed by atoms with van der Waals surface area (Å²) < 4.78 is 5.27. The molecule has 0 aliphatic heterocycles. The van der Waals surface area contributed by atoms with E-state index >= 15 is 0 Å². The Hall–Kier alpha value is -1.30. The molecule has 0 atom stereocenters. The van der Waals surface area contributed by atoms with Crippen LogP contribution in [0.4, 0.5) is 4.79 Å². The molecule has 1 rings (SSSR count). The van der Waals surface area contributed by atoms with Crippen molar-refractivity contribution in [2.24, 2.45) is 0 Å². The third kappa shape index (κ3) is 9.43. The molecule has 0 aromatic heterocycles. The zero-order valence-electron chi connectivity index (χ0n) is 15.4. The molecule has 0 saturated heterocycles. The lowest BCUT2D eigenvalue weighted by atomic mass is 9.91. The number of amides is 2. The minimum absolute atomic E-state index is 0.0199. The molecule has 2 amide bonds. The van der Waals surface area contributed by atoms with E-state index in [0.717, 1.165) is 25.7 Å². The molecule has 134 valence electrons. The maximum Gasteiger partial charge on any atom is 0.407 e. The van der Waals surface area contributed by atoms with Crippen LogP contribution in [0.5, 0.6) is 0 Å². The first-order valence-electron chi connectivity index (χ1n) is 8.48. The van der Waals surface area contributed by atoms with Crippen molar-refractivity contribution in [3.05, 3.63) is 0 Å². The maximum absolute atomic E-state index is 11.8. The van der Waals surface area contributed by atoms with Crippen molar-refractivity contribution in [1.82, 2.24) is 16.0 Å². The van der Waals surface area contributed by atoms with Crippen LogP contribution in [0.25, 0.3) is 0 Å². The lowest BCUT2D eigenvalue weighted by Crippen LogP contribution is -2.48. The van der Waals surface area contributed by atoms with Gasteiger partial charge in [-0.3, -0.25) is 4.79 Å². The summed E-state index contributed by atoms with van der Waals surface area (Å²) in [6, 6.07) is 0.490. The second-order valence-electron chi connectivity index (χ2n) is 8.37. The van der Waals surface area contributed by atoms with Gasteiger partial charge in [0.25, 0.3) is 0 Å². The zero-order valence-corrected chi connectivity index (χ0v) is 15.4. The summed E-state index contributed by atoms with van der Waals surface area (Å²) in [6.07, 6.45) is 3.35. The van der Waals surface area contributed by atoms with Crippen molar-refractivity contribution < 1.29 is 14.3 Å². The van der Waals surface area contributed by atoms with E-state index in [1.807, 2.05) is 41.5 Å². The maximum atomic E-state index is 11.8. The fourth-order valence-electron chi connectivity index (χ4n) is 2.62. The molecule has 3 N–H and O–H groups in total. The van der Waals surface area contributed by atoms with Crippen molar-refractivity contribution in [2.75, 3.05) is 6.54 Å². The van der Waals surface area contributed by atoms with Gasteiger partial charge in [-0.05, 0) is 67.2 Å². The van der Waals surface area contributed by atoms with Crippen LogP contribution < -0.4 is 16.0 Å². The minimum atomic E-state index is -0.469. The molecule has 0 bridgehead atoms. The first kappa shape index (κ1) is 19.7. The van der Waals surface area contributed by atoms with Gasteiger partial charge >= 0.3 is 6.09 Å². The number of hydrogen-bond donors (Lipinski definition) is 3. The standard InChI is InChI=1S/C17H33N3O3/c1-16(2,3)20-14(21)11-18-12-7-9-13(10-8-12)19-15(22)23-17(4,5)6/h12-13,18H,7-11H2,1-6H3,(H,19,22)(H,20,21). The quantitative estimate of drug-likeness (QED) is 0.740. The number of rotatable bonds is 4. The molecule has 0 radical (unpaired) electrons. The predicted molar refractivity (Wildman–Crippen MR) is 91.3 cm³/mol. The summed E-state index contributed by atoms with van der Waals surface area (Å²) in [5, 5.41) is 9.16. The Morgan fingerprint density at radius 3 is 1.96 bits per heavy atom. The van der Waals surface area contributed by atoms with E-state index in [0.29, 0.717) is 12.6 Å². The average molecular weight is 327 g/mol. The second kappa shape index (κ2) is 7.99. The Morgan fingerprint density at radius 2 is 1.48 bits per heavy atom. The van der Waals surface area contributed by atoms with Gasteiger partial charge in [0, 0.05) is 17.6 Å². The molecule has 0 heterocycles. The molecule has 1 saturated carbocycles. The van der Waals surface area contributed by atoms with Crippen LogP contribution in [0.1, 0.15) is 67.2 Å². The van der Waals surface area contributed by atoms with Crippen molar-refractivity contribution in [1.29, 1.82) is 0 Å². The fraction of sp³-hybridized carbons (Fsp3) is 0.882. The van der Waals surface area contributed by atoms with Crippen LogP contribution in [0, 0.1) is 0 Å². The minimum Gasteiger partial charge on any atom is -0.444 e. The first-order valence-corrected chi connectivity index (χ1v) is 8.48. The van der Waals surface area contributed by atoms with Crippen molar-refractivity contribution in [3.8, 4) is 0 Å². The molecule has 0 spiro atoms. The van der Waals surface area contributed by atoms with Crippen LogP contribution in [0.15, 0.2) is 0 Å². The van der Waals surface area contributed by atoms with Crippen molar-refractivity contribution in [2.45, 2.75) is 90.4 Å². The van der Waals surface area contributed by atoms with Gasteiger partial charge in [-0.15, -0.1) is 0 Å². The Bertz CT molecular complexity index is 402. The van der Waals surface area contributed by atoms with Gasteiger partial charge in [0.1, 0.15) is 5.60 Å². The van der Waals surface area contributed by atoms with Crippen molar-refractivity contribution >= 4 is 12.0 Å². The third-order valence-electron chi connectivity index (χ3n) is 3.51. The molecule has 6 nitrogen and oxygen atoms in total. The summed E-state index contributed by atoms with van der Waals surface area (Å²) in [5.74, 6) is 0.0199. The molecular weight excluding hydrogens is 294 g/mol. The number of nitrogens with one attached hydrogen (secondary N) is 3. The van der Waals surface area contributed by atoms with Crippen LogP contribution >= 0.6 is 0 Å². The molecule has 23 heavy (non-hydrogen) atoms. The Kier molecular flexibility index (Phi) is 6.86. The molecule has 1 aliphatic rings. The van der Waals surface area contributed by atoms with Crippen LogP contribution in [-0.4, -0.2) is 41.8 Å². The van der Waals surface area contributed by atoms with E-state index in [9.17, 15) is 9.59 Å². The Balaban J connectivity index is 2.23. The van der Waals surface area contributed by atoms with Crippen LogP contribution in [-0.2, 0) is 9.53 Å². The highest BCUT2D eigenvalue weighted by Crippen LogP contribution is 2.19. The molecule has 1 fully saturated rings. The van der Waals surface area contributed by atoms with E-state index in [1.54, 1.807) is 0 Å². The van der Waals surface area contributed by atoms with Crippen molar-refractivity contribution in [3.63, 3.8) is 0 Å². The number of carbonyl (C=O) groups excluding carboxylic acids is 2. The highest BCUT2D eigenvalue weighted by atomic mass is 16.6. The predicted octanol–water partition coefficient (Wildman–Crippen LogP) is 2.33. The van der Waals surface area contributed by atoms with Gasteiger partial charge in [-0.25, -0.2) is 4.79 Å². The topological polar surface area (TPSA) is 79.5 Å². The summed E-state index contributed by atoms with van der Waals surface area (Å²) >= 11 is 0. The molecule has 0 aromatic rings. The van der Waals surface area contributed by atoms with Crippen LogP contribution in [0.3, 0.4) is 0 Å².